The second-order valence-corrected chi connectivity index (χ2v) is 5.51. The standard InChI is InChI=1S/C17H15ClN4O/c1-12(15-4-2-3-5-16(15)18)21-17(23)13-6-8-14(9-7-13)22-11-19-10-20-22/h2-12H,1H3,(H,21,23). The van der Waals surface area contributed by atoms with E-state index in [1.54, 1.807) is 23.1 Å². The van der Waals surface area contributed by atoms with E-state index in [-0.39, 0.29) is 11.9 Å². The van der Waals surface area contributed by atoms with Gasteiger partial charge in [-0.25, -0.2) is 9.67 Å². The largest absolute Gasteiger partial charge is 0.345 e. The lowest BCUT2D eigenvalue weighted by Gasteiger charge is -2.15. The first-order valence-corrected chi connectivity index (χ1v) is 7.53. The topological polar surface area (TPSA) is 59.8 Å². The molecular weight excluding hydrogens is 312 g/mol. The molecule has 0 spiro atoms. The Bertz CT molecular complexity index is 800. The molecular formula is C17H15ClN4O. The van der Waals surface area contributed by atoms with E-state index in [0.717, 1.165) is 11.3 Å². The average Bonchev–Trinajstić information content (AvgIpc) is 3.09. The molecule has 0 saturated heterocycles. The molecule has 3 aromatic rings. The van der Waals surface area contributed by atoms with Crippen molar-refractivity contribution >= 4 is 17.5 Å². The molecule has 1 atom stereocenters. The zero-order valence-corrected chi connectivity index (χ0v) is 13.2. The number of amides is 1. The number of hydrogen-bond acceptors (Lipinski definition) is 3. The zero-order chi connectivity index (χ0) is 16.2. The molecule has 1 N–H and O–H groups in total. The molecule has 0 aliphatic rings. The summed E-state index contributed by atoms with van der Waals surface area (Å²) in [4.78, 5) is 16.2. The fourth-order valence-corrected chi connectivity index (χ4v) is 2.59. The maximum atomic E-state index is 12.3. The van der Waals surface area contributed by atoms with Crippen LogP contribution in [0, 0.1) is 0 Å². The van der Waals surface area contributed by atoms with Gasteiger partial charge in [-0.1, -0.05) is 29.8 Å². The Hall–Kier alpha value is -2.66. The zero-order valence-electron chi connectivity index (χ0n) is 12.5. The number of benzene rings is 2. The number of hydrogen-bond donors (Lipinski definition) is 1. The maximum absolute atomic E-state index is 12.3. The van der Waals surface area contributed by atoms with Crippen LogP contribution in [0.15, 0.2) is 61.2 Å². The van der Waals surface area contributed by atoms with Gasteiger partial charge >= 0.3 is 0 Å². The number of aromatic nitrogens is 3. The summed E-state index contributed by atoms with van der Waals surface area (Å²) in [6, 6.07) is 14.5. The molecule has 0 bridgehead atoms. The molecule has 1 unspecified atom stereocenters. The summed E-state index contributed by atoms with van der Waals surface area (Å²) in [6.07, 6.45) is 3.07. The van der Waals surface area contributed by atoms with Crippen molar-refractivity contribution in [1.82, 2.24) is 20.1 Å². The molecule has 3 rings (SSSR count). The van der Waals surface area contributed by atoms with Crippen LogP contribution in [0.5, 0.6) is 0 Å². The second-order valence-electron chi connectivity index (χ2n) is 5.10. The van der Waals surface area contributed by atoms with Crippen LogP contribution in [0.25, 0.3) is 5.69 Å². The predicted octanol–water partition coefficient (Wildman–Crippen LogP) is 3.41. The highest BCUT2D eigenvalue weighted by Crippen LogP contribution is 2.22. The summed E-state index contributed by atoms with van der Waals surface area (Å²) >= 11 is 6.16. The Morgan fingerprint density at radius 2 is 1.91 bits per heavy atom. The molecule has 1 amide bonds. The van der Waals surface area contributed by atoms with E-state index in [4.69, 9.17) is 11.6 Å². The van der Waals surface area contributed by atoms with Gasteiger partial charge in [-0.2, -0.15) is 5.10 Å². The number of halogens is 1. The molecule has 2 aromatic carbocycles. The van der Waals surface area contributed by atoms with Gasteiger partial charge in [-0.05, 0) is 42.8 Å². The Labute approximate surface area is 138 Å². The Balaban J connectivity index is 1.72. The Morgan fingerprint density at radius 3 is 2.57 bits per heavy atom. The van der Waals surface area contributed by atoms with Gasteiger partial charge in [0.1, 0.15) is 12.7 Å². The van der Waals surface area contributed by atoms with Crippen LogP contribution < -0.4 is 5.32 Å². The van der Waals surface area contributed by atoms with Crippen LogP contribution in [0.3, 0.4) is 0 Å². The average molecular weight is 327 g/mol. The highest BCUT2D eigenvalue weighted by Gasteiger charge is 2.13. The molecule has 1 heterocycles. The fraction of sp³-hybridized carbons (Fsp3) is 0.118. The lowest BCUT2D eigenvalue weighted by molar-refractivity contribution is 0.0940. The van der Waals surface area contributed by atoms with E-state index in [1.807, 2.05) is 43.3 Å². The quantitative estimate of drug-likeness (QED) is 0.799. The van der Waals surface area contributed by atoms with Crippen LogP contribution >= 0.6 is 11.6 Å². The Morgan fingerprint density at radius 1 is 1.17 bits per heavy atom. The van der Waals surface area contributed by atoms with Crippen molar-refractivity contribution in [2.24, 2.45) is 0 Å². The van der Waals surface area contributed by atoms with Crippen LogP contribution in [-0.2, 0) is 0 Å². The molecule has 0 fully saturated rings. The van der Waals surface area contributed by atoms with Gasteiger partial charge in [0.15, 0.2) is 0 Å². The monoisotopic (exact) mass is 326 g/mol. The van der Waals surface area contributed by atoms with E-state index in [2.05, 4.69) is 15.4 Å². The van der Waals surface area contributed by atoms with Gasteiger partial charge in [-0.15, -0.1) is 0 Å². The summed E-state index contributed by atoms with van der Waals surface area (Å²) in [5, 5.41) is 7.64. The third kappa shape index (κ3) is 3.40. The summed E-state index contributed by atoms with van der Waals surface area (Å²) in [5.41, 5.74) is 2.31. The van der Waals surface area contributed by atoms with Crippen molar-refractivity contribution in [3.8, 4) is 5.69 Å². The number of nitrogens with one attached hydrogen (secondary N) is 1. The summed E-state index contributed by atoms with van der Waals surface area (Å²) in [5.74, 6) is -0.150. The molecule has 5 nitrogen and oxygen atoms in total. The van der Waals surface area contributed by atoms with E-state index in [9.17, 15) is 4.79 Å². The molecule has 0 saturated carbocycles. The smallest absolute Gasteiger partial charge is 0.251 e. The van der Waals surface area contributed by atoms with Crippen molar-refractivity contribution < 1.29 is 4.79 Å². The first kappa shape index (κ1) is 15.2. The minimum atomic E-state index is -0.175. The van der Waals surface area contributed by atoms with Crippen LogP contribution in [-0.4, -0.2) is 20.7 Å². The van der Waals surface area contributed by atoms with E-state index in [0.29, 0.717) is 10.6 Å². The molecule has 0 aliphatic heterocycles. The lowest BCUT2D eigenvalue weighted by atomic mass is 10.1. The molecule has 0 aliphatic carbocycles. The third-order valence-corrected chi connectivity index (χ3v) is 3.88. The van der Waals surface area contributed by atoms with Crippen molar-refractivity contribution in [3.63, 3.8) is 0 Å². The van der Waals surface area contributed by atoms with Gasteiger partial charge in [0.2, 0.25) is 0 Å². The van der Waals surface area contributed by atoms with Gasteiger partial charge in [-0.3, -0.25) is 4.79 Å². The highest BCUT2D eigenvalue weighted by atomic mass is 35.5. The molecule has 0 radical (unpaired) electrons. The van der Waals surface area contributed by atoms with E-state index >= 15 is 0 Å². The van der Waals surface area contributed by atoms with Gasteiger partial charge in [0, 0.05) is 10.6 Å². The summed E-state index contributed by atoms with van der Waals surface area (Å²) in [7, 11) is 0. The van der Waals surface area contributed by atoms with Crippen molar-refractivity contribution in [1.29, 1.82) is 0 Å². The molecule has 116 valence electrons. The first-order valence-electron chi connectivity index (χ1n) is 7.15. The molecule has 1 aromatic heterocycles. The van der Waals surface area contributed by atoms with E-state index < -0.39 is 0 Å². The van der Waals surface area contributed by atoms with Crippen LogP contribution in [0.1, 0.15) is 28.9 Å². The summed E-state index contributed by atoms with van der Waals surface area (Å²) < 4.78 is 1.63. The number of nitrogens with zero attached hydrogens (tertiary/aromatic N) is 3. The second kappa shape index (κ2) is 6.62. The number of carbonyl (C=O) groups is 1. The minimum Gasteiger partial charge on any atom is -0.345 e. The SMILES string of the molecule is CC(NC(=O)c1ccc(-n2cncn2)cc1)c1ccccc1Cl. The first-order chi connectivity index (χ1) is 11.1. The van der Waals surface area contributed by atoms with Gasteiger partial charge < -0.3 is 5.32 Å². The van der Waals surface area contributed by atoms with Crippen LogP contribution in [0.4, 0.5) is 0 Å². The van der Waals surface area contributed by atoms with Crippen LogP contribution in [0.2, 0.25) is 5.02 Å². The highest BCUT2D eigenvalue weighted by molar-refractivity contribution is 6.31. The van der Waals surface area contributed by atoms with E-state index in [1.165, 1.54) is 6.33 Å². The normalized spacial score (nSPS) is 11.9. The predicted molar refractivity (Wildman–Crippen MR) is 88.7 cm³/mol. The lowest BCUT2D eigenvalue weighted by Crippen LogP contribution is -2.26. The number of carbonyl (C=O) groups excluding carboxylic acids is 1. The summed E-state index contributed by atoms with van der Waals surface area (Å²) in [6.45, 7) is 1.91. The van der Waals surface area contributed by atoms with Gasteiger partial charge in [0.25, 0.3) is 5.91 Å². The van der Waals surface area contributed by atoms with Gasteiger partial charge in [0.05, 0.1) is 11.7 Å². The van der Waals surface area contributed by atoms with Crippen molar-refractivity contribution in [2.75, 3.05) is 0 Å². The molecule has 23 heavy (non-hydrogen) atoms. The minimum absolute atomic E-state index is 0.150. The van der Waals surface area contributed by atoms with Crippen molar-refractivity contribution in [2.45, 2.75) is 13.0 Å². The Kier molecular flexibility index (Phi) is 4.39. The van der Waals surface area contributed by atoms with Crippen molar-refractivity contribution in [3.05, 3.63) is 77.3 Å². The number of rotatable bonds is 4. The fourth-order valence-electron chi connectivity index (χ4n) is 2.29. The third-order valence-electron chi connectivity index (χ3n) is 3.53. The maximum Gasteiger partial charge on any atom is 0.251 e. The molecule has 6 heteroatoms.